The number of urea groups is 1. The Kier molecular flexibility index (Phi) is 5.67. The quantitative estimate of drug-likeness (QED) is 0.501. The average Bonchev–Trinajstić information content (AvgIpc) is 3.16. The van der Waals surface area contributed by atoms with Crippen molar-refractivity contribution in [3.05, 3.63) is 47.8 Å². The molecule has 0 spiro atoms. The minimum atomic E-state index is -4.85. The molecule has 0 aliphatic carbocycles. The molecule has 1 unspecified atom stereocenters. The first-order chi connectivity index (χ1) is 15.1. The number of anilines is 1. The van der Waals surface area contributed by atoms with E-state index in [1.54, 1.807) is 6.08 Å². The third kappa shape index (κ3) is 4.33. The summed E-state index contributed by atoms with van der Waals surface area (Å²) in [5.41, 5.74) is 0.667. The number of alkyl halides is 3. The smallest absolute Gasteiger partial charge is 0.382 e. The largest absolute Gasteiger partial charge is 0.416 e. The lowest BCUT2D eigenvalue weighted by Crippen LogP contribution is -2.56. The zero-order valence-corrected chi connectivity index (χ0v) is 16.6. The number of rotatable bonds is 4. The van der Waals surface area contributed by atoms with E-state index >= 15 is 0 Å². The highest BCUT2D eigenvalue weighted by molar-refractivity contribution is 5.91. The van der Waals surface area contributed by atoms with Gasteiger partial charge in [-0.25, -0.2) is 14.2 Å². The Morgan fingerprint density at radius 1 is 1.34 bits per heavy atom. The van der Waals surface area contributed by atoms with Gasteiger partial charge in [-0.15, -0.1) is 0 Å². The molecule has 32 heavy (non-hydrogen) atoms. The second-order valence-corrected chi connectivity index (χ2v) is 7.57. The third-order valence-corrected chi connectivity index (χ3v) is 5.40. The van der Waals surface area contributed by atoms with Crippen LogP contribution in [0.15, 0.2) is 42.0 Å². The third-order valence-electron chi connectivity index (χ3n) is 5.40. The lowest BCUT2D eigenvalue weighted by Gasteiger charge is -2.40. The van der Waals surface area contributed by atoms with E-state index in [0.717, 1.165) is 12.3 Å². The lowest BCUT2D eigenvalue weighted by molar-refractivity contribution is -0.201. The normalized spacial score (nSPS) is 22.9. The molecular weight excluding hydrogens is 436 g/mol. The number of nitrogens with zero attached hydrogens (tertiary/aromatic N) is 3. The number of carbonyl (C=O) groups excluding carboxylic acids is 2. The van der Waals surface area contributed by atoms with Crippen LogP contribution in [0.1, 0.15) is 6.42 Å². The molecule has 3 atom stereocenters. The van der Waals surface area contributed by atoms with Crippen molar-refractivity contribution in [3.63, 3.8) is 0 Å². The molecule has 1 aromatic heterocycles. The number of carbonyl (C=O) groups is 2. The Labute approximate surface area is 179 Å². The number of aliphatic hydroxyl groups is 1. The van der Waals surface area contributed by atoms with Crippen molar-refractivity contribution in [1.82, 2.24) is 25.4 Å². The van der Waals surface area contributed by atoms with Crippen LogP contribution >= 0.6 is 0 Å². The molecule has 13 heteroatoms. The molecule has 3 aliphatic rings. The monoisotopic (exact) mass is 456 g/mol. The maximum atomic E-state index is 13.1. The number of hydrogen-bond acceptors (Lipinski definition) is 6. The second-order valence-electron chi connectivity index (χ2n) is 7.57. The molecule has 1 aromatic rings. The standard InChI is InChI=1S/C19H20F4N6O3/c20-10-1-4-15(24-7-10)27-18(32)29-11-5-6-28(9-11)13-3-2-12(26-16(13)29)17(31)25-8-14(30)19(21,22)23/h1-4,7,11-12,14,26,30H,5-6,8-9H2,(H,25,31)(H,24,27,32)/t11-,12?,14+/m0/s1. The first-order valence-corrected chi connectivity index (χ1v) is 9.81. The summed E-state index contributed by atoms with van der Waals surface area (Å²) in [6.45, 7) is 0.266. The van der Waals surface area contributed by atoms with Crippen molar-refractivity contribution in [2.75, 3.05) is 25.0 Å². The first kappa shape index (κ1) is 21.9. The molecule has 172 valence electrons. The lowest BCUT2D eigenvalue weighted by atomic mass is 10.1. The van der Waals surface area contributed by atoms with Crippen LogP contribution in [0, 0.1) is 5.82 Å². The van der Waals surface area contributed by atoms with Gasteiger partial charge >= 0.3 is 12.2 Å². The van der Waals surface area contributed by atoms with E-state index in [-0.39, 0.29) is 11.9 Å². The van der Waals surface area contributed by atoms with Crippen LogP contribution in [-0.4, -0.2) is 75.8 Å². The predicted molar refractivity (Wildman–Crippen MR) is 103 cm³/mol. The van der Waals surface area contributed by atoms with Crippen molar-refractivity contribution >= 4 is 17.8 Å². The molecule has 9 nitrogen and oxygen atoms in total. The molecular formula is C19H20F4N6O3. The van der Waals surface area contributed by atoms with Gasteiger partial charge in [0.1, 0.15) is 23.5 Å². The fourth-order valence-electron chi connectivity index (χ4n) is 3.80. The average molecular weight is 456 g/mol. The van der Waals surface area contributed by atoms with Crippen molar-refractivity contribution < 1.29 is 32.3 Å². The van der Waals surface area contributed by atoms with Crippen molar-refractivity contribution in [3.8, 4) is 0 Å². The molecule has 1 saturated heterocycles. The molecule has 4 heterocycles. The van der Waals surface area contributed by atoms with Crippen molar-refractivity contribution in [1.29, 1.82) is 0 Å². The number of aliphatic hydroxyl groups excluding tert-OH is 1. The Balaban J connectivity index is 1.48. The summed E-state index contributed by atoms with van der Waals surface area (Å²) in [6, 6.07) is 0.663. The molecule has 3 aliphatic heterocycles. The minimum Gasteiger partial charge on any atom is -0.382 e. The number of allylic oxidation sites excluding steroid dienone is 1. The molecule has 4 rings (SSSR count). The van der Waals surface area contributed by atoms with E-state index in [1.165, 1.54) is 17.0 Å². The van der Waals surface area contributed by atoms with E-state index in [4.69, 9.17) is 5.11 Å². The molecule has 0 aromatic carbocycles. The number of pyridine rings is 1. The van der Waals surface area contributed by atoms with Gasteiger partial charge in [-0.05, 0) is 24.6 Å². The molecule has 0 saturated carbocycles. The Morgan fingerprint density at radius 2 is 2.12 bits per heavy atom. The second kappa shape index (κ2) is 8.30. The van der Waals surface area contributed by atoms with Gasteiger partial charge < -0.3 is 20.6 Å². The highest BCUT2D eigenvalue weighted by Gasteiger charge is 2.43. The predicted octanol–water partition coefficient (Wildman–Crippen LogP) is 0.879. The fraction of sp³-hybridized carbons (Fsp3) is 0.421. The van der Waals surface area contributed by atoms with Gasteiger partial charge in [-0.1, -0.05) is 6.08 Å². The number of fused-ring (bicyclic) bond motifs is 3. The molecule has 3 amide bonds. The topological polar surface area (TPSA) is 110 Å². The van der Waals surface area contributed by atoms with Crippen LogP contribution in [0.4, 0.5) is 28.2 Å². The van der Waals surface area contributed by atoms with Gasteiger partial charge in [0, 0.05) is 13.1 Å². The van der Waals surface area contributed by atoms with Crippen LogP contribution < -0.4 is 16.0 Å². The van der Waals surface area contributed by atoms with Gasteiger partial charge in [-0.3, -0.25) is 15.0 Å². The Hall–Kier alpha value is -3.35. The van der Waals surface area contributed by atoms with Crippen LogP contribution in [0.2, 0.25) is 0 Å². The van der Waals surface area contributed by atoms with E-state index in [9.17, 15) is 27.2 Å². The number of amides is 3. The van der Waals surface area contributed by atoms with Crippen molar-refractivity contribution in [2.24, 2.45) is 0 Å². The van der Waals surface area contributed by atoms with E-state index in [2.05, 4.69) is 20.9 Å². The van der Waals surface area contributed by atoms with Crippen LogP contribution in [0.25, 0.3) is 0 Å². The van der Waals surface area contributed by atoms with E-state index in [0.29, 0.717) is 31.0 Å². The van der Waals surface area contributed by atoms with Gasteiger partial charge in [0.05, 0.1) is 24.5 Å². The fourth-order valence-corrected chi connectivity index (χ4v) is 3.80. The summed E-state index contributed by atoms with van der Waals surface area (Å²) in [5.74, 6) is -0.872. The summed E-state index contributed by atoms with van der Waals surface area (Å²) >= 11 is 0. The summed E-state index contributed by atoms with van der Waals surface area (Å²) < 4.78 is 50.5. The minimum absolute atomic E-state index is 0.140. The van der Waals surface area contributed by atoms with E-state index in [1.807, 2.05) is 4.90 Å². The summed E-state index contributed by atoms with van der Waals surface area (Å²) in [5, 5.41) is 16.6. The van der Waals surface area contributed by atoms with Crippen LogP contribution in [0.3, 0.4) is 0 Å². The first-order valence-electron chi connectivity index (χ1n) is 9.81. The maximum absolute atomic E-state index is 13.1. The van der Waals surface area contributed by atoms with Crippen molar-refractivity contribution in [2.45, 2.75) is 30.8 Å². The number of hydrogen-bond donors (Lipinski definition) is 4. The number of dihydropyridines is 1. The Morgan fingerprint density at radius 3 is 2.81 bits per heavy atom. The summed E-state index contributed by atoms with van der Waals surface area (Å²) in [4.78, 5) is 32.7. The SMILES string of the molecule is O=C(NC[C@@H](O)C(F)(F)F)C1C=CC2=C(N1)N(C(=O)Nc1ccc(F)cn1)[C@H]1CCN2C1. The molecule has 0 radical (unpaired) electrons. The van der Waals surface area contributed by atoms with Gasteiger partial charge in [0.25, 0.3) is 0 Å². The zero-order chi connectivity index (χ0) is 23.0. The summed E-state index contributed by atoms with van der Waals surface area (Å²) in [7, 11) is 0. The van der Waals surface area contributed by atoms with E-state index < -0.39 is 42.6 Å². The maximum Gasteiger partial charge on any atom is 0.416 e. The zero-order valence-electron chi connectivity index (χ0n) is 16.6. The number of nitrogens with one attached hydrogen (secondary N) is 3. The molecule has 2 bridgehead atoms. The summed E-state index contributed by atoms with van der Waals surface area (Å²) in [6.07, 6.45) is -2.79. The number of aromatic nitrogens is 1. The molecule has 4 N–H and O–H groups in total. The molecule has 1 fully saturated rings. The van der Waals surface area contributed by atoms with Gasteiger partial charge in [-0.2, -0.15) is 13.2 Å². The Bertz CT molecular complexity index is 965. The highest BCUT2D eigenvalue weighted by Crippen LogP contribution is 2.33. The van der Waals surface area contributed by atoms with Gasteiger partial charge in [0.15, 0.2) is 6.10 Å². The van der Waals surface area contributed by atoms with Gasteiger partial charge in [0.2, 0.25) is 5.91 Å². The highest BCUT2D eigenvalue weighted by atomic mass is 19.4. The number of halogens is 4. The van der Waals surface area contributed by atoms with Crippen LogP contribution in [0.5, 0.6) is 0 Å². The van der Waals surface area contributed by atoms with Crippen LogP contribution in [-0.2, 0) is 4.79 Å².